The summed E-state index contributed by atoms with van der Waals surface area (Å²) >= 11 is 4.04. The zero-order valence-electron chi connectivity index (χ0n) is 4.09. The summed E-state index contributed by atoms with van der Waals surface area (Å²) in [6.07, 6.45) is 0.611. The lowest BCUT2D eigenvalue weighted by Gasteiger charge is -2.33. The highest BCUT2D eigenvalue weighted by Gasteiger charge is 2.28. The van der Waals surface area contributed by atoms with E-state index in [1.54, 1.807) is 11.9 Å². The van der Waals surface area contributed by atoms with Crippen molar-refractivity contribution >= 4 is 18.5 Å². The zero-order valence-corrected chi connectivity index (χ0v) is 4.98. The summed E-state index contributed by atoms with van der Waals surface area (Å²) in [6, 6.07) is 0. The average molecular weight is 117 g/mol. The fraction of sp³-hybridized carbons (Fsp3) is 0.750. The molecule has 0 aromatic rings. The Morgan fingerprint density at radius 3 is 2.57 bits per heavy atom. The van der Waals surface area contributed by atoms with Crippen LogP contribution in [0.2, 0.25) is 0 Å². The number of thiol groups is 1. The SMILES string of the molecule is CN1C(=O)CC1S. The molecule has 7 heavy (non-hydrogen) atoms. The average Bonchev–Trinajstić information content (AvgIpc) is 1.68. The molecule has 0 aromatic heterocycles. The lowest BCUT2D eigenvalue weighted by molar-refractivity contribution is -0.139. The summed E-state index contributed by atoms with van der Waals surface area (Å²) in [7, 11) is 1.75. The van der Waals surface area contributed by atoms with Crippen LogP contribution in [0.3, 0.4) is 0 Å². The van der Waals surface area contributed by atoms with Gasteiger partial charge in [0.15, 0.2) is 0 Å². The van der Waals surface area contributed by atoms with E-state index < -0.39 is 0 Å². The Balaban J connectivity index is 2.43. The van der Waals surface area contributed by atoms with E-state index >= 15 is 0 Å². The number of nitrogens with zero attached hydrogens (tertiary/aromatic N) is 1. The van der Waals surface area contributed by atoms with Gasteiger partial charge in [-0.15, -0.1) is 0 Å². The third kappa shape index (κ3) is 0.608. The first kappa shape index (κ1) is 4.97. The second-order valence-electron chi connectivity index (χ2n) is 1.69. The van der Waals surface area contributed by atoms with Crippen LogP contribution >= 0.6 is 12.6 Å². The number of carbonyl (C=O) groups excluding carboxylic acids is 1. The highest BCUT2D eigenvalue weighted by Crippen LogP contribution is 2.18. The molecule has 1 aliphatic rings. The van der Waals surface area contributed by atoms with Crippen molar-refractivity contribution in [1.29, 1.82) is 0 Å². The van der Waals surface area contributed by atoms with E-state index in [1.807, 2.05) is 0 Å². The van der Waals surface area contributed by atoms with Gasteiger partial charge >= 0.3 is 0 Å². The van der Waals surface area contributed by atoms with Gasteiger partial charge in [-0.1, -0.05) is 0 Å². The van der Waals surface area contributed by atoms with Gasteiger partial charge in [0.2, 0.25) is 5.91 Å². The Hall–Kier alpha value is -0.180. The lowest BCUT2D eigenvalue weighted by atomic mass is 10.2. The second kappa shape index (κ2) is 1.40. The Kier molecular flexibility index (Phi) is 0.995. The maximum Gasteiger partial charge on any atom is 0.226 e. The van der Waals surface area contributed by atoms with E-state index in [0.717, 1.165) is 0 Å². The summed E-state index contributed by atoms with van der Waals surface area (Å²) in [4.78, 5) is 11.9. The van der Waals surface area contributed by atoms with Gasteiger partial charge in [-0.25, -0.2) is 0 Å². The number of hydrogen-bond acceptors (Lipinski definition) is 2. The van der Waals surface area contributed by atoms with E-state index in [0.29, 0.717) is 6.42 Å². The Morgan fingerprint density at radius 1 is 2.00 bits per heavy atom. The van der Waals surface area contributed by atoms with Gasteiger partial charge in [0.1, 0.15) is 0 Å². The molecule has 1 unspecified atom stereocenters. The van der Waals surface area contributed by atoms with E-state index in [1.165, 1.54) is 0 Å². The predicted molar refractivity (Wildman–Crippen MR) is 30.2 cm³/mol. The quantitative estimate of drug-likeness (QED) is 0.352. The molecule has 1 rings (SSSR count). The largest absolute Gasteiger partial charge is 0.333 e. The first-order chi connectivity index (χ1) is 3.22. The first-order valence-corrected chi connectivity index (χ1v) is 2.67. The van der Waals surface area contributed by atoms with Crippen LogP contribution in [-0.2, 0) is 4.79 Å². The molecule has 0 N–H and O–H groups in total. The van der Waals surface area contributed by atoms with Crippen LogP contribution in [0.4, 0.5) is 0 Å². The highest BCUT2D eigenvalue weighted by molar-refractivity contribution is 7.81. The number of carbonyl (C=O) groups is 1. The standard InChI is InChI=1S/C4H7NOS/c1-5-3(6)2-4(5)7/h4,7H,2H2,1H3. The van der Waals surface area contributed by atoms with Crippen LogP contribution in [0.25, 0.3) is 0 Å². The van der Waals surface area contributed by atoms with Crippen molar-refractivity contribution in [2.24, 2.45) is 0 Å². The molecular weight excluding hydrogens is 110 g/mol. The molecule has 1 amide bonds. The first-order valence-electron chi connectivity index (χ1n) is 2.15. The molecule has 0 bridgehead atoms. The van der Waals surface area contributed by atoms with Gasteiger partial charge in [0, 0.05) is 7.05 Å². The van der Waals surface area contributed by atoms with Crippen molar-refractivity contribution in [3.05, 3.63) is 0 Å². The van der Waals surface area contributed by atoms with Crippen molar-refractivity contribution in [2.45, 2.75) is 11.8 Å². The molecule has 1 saturated heterocycles. The third-order valence-electron chi connectivity index (χ3n) is 1.20. The number of amides is 1. The minimum Gasteiger partial charge on any atom is -0.333 e. The van der Waals surface area contributed by atoms with E-state index in [-0.39, 0.29) is 11.3 Å². The van der Waals surface area contributed by atoms with Crippen molar-refractivity contribution in [3.8, 4) is 0 Å². The molecule has 0 radical (unpaired) electrons. The van der Waals surface area contributed by atoms with Crippen molar-refractivity contribution in [2.75, 3.05) is 7.05 Å². The smallest absolute Gasteiger partial charge is 0.226 e. The molecule has 1 fully saturated rings. The fourth-order valence-corrected chi connectivity index (χ4v) is 0.776. The molecule has 1 aliphatic heterocycles. The van der Waals surface area contributed by atoms with Crippen molar-refractivity contribution in [3.63, 3.8) is 0 Å². The Morgan fingerprint density at radius 2 is 2.57 bits per heavy atom. The van der Waals surface area contributed by atoms with Crippen molar-refractivity contribution in [1.82, 2.24) is 4.90 Å². The Labute approximate surface area is 47.9 Å². The van der Waals surface area contributed by atoms with Crippen LogP contribution < -0.4 is 0 Å². The van der Waals surface area contributed by atoms with E-state index in [4.69, 9.17) is 0 Å². The molecule has 3 heteroatoms. The lowest BCUT2D eigenvalue weighted by Crippen LogP contribution is -2.46. The molecule has 1 heterocycles. The molecule has 0 spiro atoms. The molecule has 0 aromatic carbocycles. The predicted octanol–water partition coefficient (Wildman–Crippen LogP) is 0.104. The van der Waals surface area contributed by atoms with Crippen LogP contribution in [0, 0.1) is 0 Å². The molecule has 1 atom stereocenters. The van der Waals surface area contributed by atoms with Crippen LogP contribution in [0.15, 0.2) is 0 Å². The van der Waals surface area contributed by atoms with E-state index in [2.05, 4.69) is 12.6 Å². The van der Waals surface area contributed by atoms with Gasteiger partial charge in [0.05, 0.1) is 11.8 Å². The van der Waals surface area contributed by atoms with E-state index in [9.17, 15) is 4.79 Å². The fourth-order valence-electron chi connectivity index (χ4n) is 0.491. The summed E-state index contributed by atoms with van der Waals surface area (Å²) in [5.74, 6) is 0.194. The second-order valence-corrected chi connectivity index (χ2v) is 2.29. The molecule has 0 saturated carbocycles. The number of rotatable bonds is 0. The van der Waals surface area contributed by atoms with Crippen LogP contribution in [0.5, 0.6) is 0 Å². The third-order valence-corrected chi connectivity index (χ3v) is 1.73. The van der Waals surface area contributed by atoms with Gasteiger partial charge in [0.25, 0.3) is 0 Å². The van der Waals surface area contributed by atoms with Gasteiger partial charge < -0.3 is 4.90 Å². The zero-order chi connectivity index (χ0) is 5.44. The summed E-state index contributed by atoms with van der Waals surface area (Å²) < 4.78 is 0. The normalized spacial score (nSPS) is 30.3. The number of β-lactam (4-membered cyclic amide) rings is 1. The molecule has 0 aliphatic carbocycles. The molecular formula is C4H7NOS. The summed E-state index contributed by atoms with van der Waals surface area (Å²) in [5, 5.41) is 0.187. The summed E-state index contributed by atoms with van der Waals surface area (Å²) in [6.45, 7) is 0. The topological polar surface area (TPSA) is 20.3 Å². The minimum absolute atomic E-state index is 0.187. The highest BCUT2D eigenvalue weighted by atomic mass is 32.1. The van der Waals surface area contributed by atoms with Crippen LogP contribution in [-0.4, -0.2) is 23.2 Å². The van der Waals surface area contributed by atoms with Gasteiger partial charge in [-0.05, 0) is 0 Å². The monoisotopic (exact) mass is 117 g/mol. The van der Waals surface area contributed by atoms with Gasteiger partial charge in [-0.3, -0.25) is 4.79 Å². The molecule has 2 nitrogen and oxygen atoms in total. The van der Waals surface area contributed by atoms with Crippen molar-refractivity contribution < 1.29 is 4.79 Å². The number of likely N-dealkylation sites (tertiary alicyclic amines) is 1. The summed E-state index contributed by atoms with van der Waals surface area (Å²) in [5.41, 5.74) is 0. The molecule has 40 valence electrons. The minimum atomic E-state index is 0.187. The van der Waals surface area contributed by atoms with Gasteiger partial charge in [-0.2, -0.15) is 12.6 Å². The Bertz CT molecular complexity index is 104. The number of hydrogen-bond donors (Lipinski definition) is 1. The van der Waals surface area contributed by atoms with Crippen LogP contribution in [0.1, 0.15) is 6.42 Å². The maximum atomic E-state index is 10.3. The maximum absolute atomic E-state index is 10.3.